The summed E-state index contributed by atoms with van der Waals surface area (Å²) in [5.41, 5.74) is 0. The first-order chi connectivity index (χ1) is 8.76. The average Bonchev–Trinajstić information content (AvgIpc) is 2.81. The molecule has 1 N–H and O–H groups in total. The number of carbonyl (C=O) groups excluding carboxylic acids is 1. The molecule has 2 aliphatic rings. The molecular formula is C14H26N2O2. The molecule has 0 bridgehead atoms. The molecule has 1 heterocycles. The molecule has 4 nitrogen and oxygen atoms in total. The van der Waals surface area contributed by atoms with Gasteiger partial charge in [-0.15, -0.1) is 0 Å². The van der Waals surface area contributed by atoms with Crippen LogP contribution in [0.3, 0.4) is 0 Å². The maximum atomic E-state index is 11.7. The molecule has 0 aromatic heterocycles. The Hall–Kier alpha value is -0.610. The molecule has 0 spiro atoms. The van der Waals surface area contributed by atoms with E-state index in [1.807, 2.05) is 6.92 Å². The molecule has 2 rings (SSSR count). The second-order valence-electron chi connectivity index (χ2n) is 5.53. The Labute approximate surface area is 110 Å². The van der Waals surface area contributed by atoms with Gasteiger partial charge in [-0.05, 0) is 38.3 Å². The van der Waals surface area contributed by atoms with Crippen molar-refractivity contribution in [3.05, 3.63) is 0 Å². The van der Waals surface area contributed by atoms with E-state index in [0.717, 1.165) is 25.6 Å². The normalized spacial score (nSPS) is 29.9. The van der Waals surface area contributed by atoms with Crippen LogP contribution in [0.25, 0.3) is 0 Å². The highest BCUT2D eigenvalue weighted by atomic mass is 16.5. The predicted octanol–water partition coefficient (Wildman–Crippen LogP) is 1.40. The number of fused-ring (bicyclic) bond motifs is 1. The first-order valence-corrected chi connectivity index (χ1v) is 7.31. The quantitative estimate of drug-likeness (QED) is 0.753. The van der Waals surface area contributed by atoms with Gasteiger partial charge in [-0.25, -0.2) is 0 Å². The number of likely N-dealkylation sites (tertiary alicyclic amines) is 1. The summed E-state index contributed by atoms with van der Waals surface area (Å²) in [5, 5.41) is 3.24. The van der Waals surface area contributed by atoms with Crippen molar-refractivity contribution in [3.63, 3.8) is 0 Å². The molecule has 0 amide bonds. The van der Waals surface area contributed by atoms with E-state index in [-0.39, 0.29) is 12.0 Å². The van der Waals surface area contributed by atoms with E-state index >= 15 is 0 Å². The summed E-state index contributed by atoms with van der Waals surface area (Å²) >= 11 is 0. The van der Waals surface area contributed by atoms with Crippen molar-refractivity contribution in [1.29, 1.82) is 0 Å². The fourth-order valence-corrected chi connectivity index (χ4v) is 3.58. The standard InChI is InChI=1S/C14H26N2O2/c1-3-15-12(14(17)18-2)10-16-9-8-11-6-4-5-7-13(11)16/h11-13,15H,3-10H2,1-2H3. The molecule has 3 atom stereocenters. The minimum Gasteiger partial charge on any atom is -0.468 e. The van der Waals surface area contributed by atoms with Crippen LogP contribution in [0.2, 0.25) is 0 Å². The van der Waals surface area contributed by atoms with Crippen molar-refractivity contribution in [2.24, 2.45) is 5.92 Å². The summed E-state index contributed by atoms with van der Waals surface area (Å²) < 4.78 is 4.88. The van der Waals surface area contributed by atoms with Gasteiger partial charge in [0.1, 0.15) is 6.04 Å². The van der Waals surface area contributed by atoms with Crippen molar-refractivity contribution in [2.75, 3.05) is 26.7 Å². The zero-order valence-electron chi connectivity index (χ0n) is 11.7. The second kappa shape index (κ2) is 6.53. The lowest BCUT2D eigenvalue weighted by molar-refractivity contribution is -0.143. The number of likely N-dealkylation sites (N-methyl/N-ethyl adjacent to an activating group) is 1. The minimum absolute atomic E-state index is 0.129. The molecule has 0 radical (unpaired) electrons. The molecule has 1 aliphatic carbocycles. The maximum Gasteiger partial charge on any atom is 0.324 e. The van der Waals surface area contributed by atoms with Gasteiger partial charge in [-0.1, -0.05) is 19.8 Å². The monoisotopic (exact) mass is 254 g/mol. The maximum absolute atomic E-state index is 11.7. The number of methoxy groups -OCH3 is 1. The number of rotatable bonds is 5. The van der Waals surface area contributed by atoms with Gasteiger partial charge in [0.25, 0.3) is 0 Å². The highest BCUT2D eigenvalue weighted by Gasteiger charge is 2.37. The summed E-state index contributed by atoms with van der Waals surface area (Å²) in [5.74, 6) is 0.745. The van der Waals surface area contributed by atoms with E-state index in [2.05, 4.69) is 10.2 Å². The molecule has 0 aromatic carbocycles. The lowest BCUT2D eigenvalue weighted by Gasteiger charge is -2.33. The van der Waals surface area contributed by atoms with E-state index in [1.54, 1.807) is 0 Å². The second-order valence-corrected chi connectivity index (χ2v) is 5.53. The molecule has 1 saturated heterocycles. The van der Waals surface area contributed by atoms with Crippen LogP contribution in [-0.4, -0.2) is 49.7 Å². The Morgan fingerprint density at radius 3 is 2.89 bits per heavy atom. The number of carbonyl (C=O) groups is 1. The van der Waals surface area contributed by atoms with E-state index in [4.69, 9.17) is 4.74 Å². The molecule has 1 aliphatic heterocycles. The lowest BCUT2D eigenvalue weighted by atomic mass is 9.85. The molecule has 3 unspecified atom stereocenters. The van der Waals surface area contributed by atoms with Gasteiger partial charge in [-0.3, -0.25) is 9.69 Å². The largest absolute Gasteiger partial charge is 0.468 e. The summed E-state index contributed by atoms with van der Waals surface area (Å²) in [6.45, 7) is 4.79. The lowest BCUT2D eigenvalue weighted by Crippen LogP contribution is -2.48. The third kappa shape index (κ3) is 3.04. The van der Waals surface area contributed by atoms with Crippen LogP contribution >= 0.6 is 0 Å². The summed E-state index contributed by atoms with van der Waals surface area (Å²) in [4.78, 5) is 14.2. The van der Waals surface area contributed by atoms with Crippen LogP contribution in [0.1, 0.15) is 39.0 Å². The number of nitrogens with one attached hydrogen (secondary N) is 1. The zero-order chi connectivity index (χ0) is 13.0. The fourth-order valence-electron chi connectivity index (χ4n) is 3.58. The van der Waals surface area contributed by atoms with E-state index < -0.39 is 0 Å². The van der Waals surface area contributed by atoms with E-state index in [1.165, 1.54) is 39.2 Å². The number of esters is 1. The summed E-state index contributed by atoms with van der Waals surface area (Å²) in [6.07, 6.45) is 6.74. The van der Waals surface area contributed by atoms with Crippen molar-refractivity contribution in [1.82, 2.24) is 10.2 Å². The average molecular weight is 254 g/mol. The van der Waals surface area contributed by atoms with Crippen molar-refractivity contribution in [3.8, 4) is 0 Å². The first-order valence-electron chi connectivity index (χ1n) is 7.31. The fraction of sp³-hybridized carbons (Fsp3) is 0.929. The van der Waals surface area contributed by atoms with Crippen LogP contribution in [0, 0.1) is 5.92 Å². The van der Waals surface area contributed by atoms with Gasteiger partial charge < -0.3 is 10.1 Å². The SMILES string of the molecule is CCNC(CN1CCC2CCCCC21)C(=O)OC. The number of ether oxygens (including phenoxy) is 1. The van der Waals surface area contributed by atoms with E-state index in [0.29, 0.717) is 6.04 Å². The Morgan fingerprint density at radius 2 is 2.17 bits per heavy atom. The van der Waals surface area contributed by atoms with Gasteiger partial charge in [0.2, 0.25) is 0 Å². The summed E-state index contributed by atoms with van der Waals surface area (Å²) in [7, 11) is 1.47. The molecule has 1 saturated carbocycles. The van der Waals surface area contributed by atoms with Crippen LogP contribution in [0.4, 0.5) is 0 Å². The zero-order valence-corrected chi connectivity index (χ0v) is 11.7. The Kier molecular flexibility index (Phi) is 5.01. The molecule has 2 fully saturated rings. The van der Waals surface area contributed by atoms with Crippen LogP contribution < -0.4 is 5.32 Å². The Morgan fingerprint density at radius 1 is 1.39 bits per heavy atom. The van der Waals surface area contributed by atoms with Crippen LogP contribution in [0.15, 0.2) is 0 Å². The summed E-state index contributed by atoms with van der Waals surface area (Å²) in [6, 6.07) is 0.547. The van der Waals surface area contributed by atoms with Gasteiger partial charge in [-0.2, -0.15) is 0 Å². The Bertz CT molecular complexity index is 283. The molecule has 0 aromatic rings. The van der Waals surface area contributed by atoms with Crippen molar-refractivity contribution >= 4 is 5.97 Å². The molecule has 4 heteroatoms. The third-order valence-electron chi connectivity index (χ3n) is 4.48. The van der Waals surface area contributed by atoms with Crippen LogP contribution in [-0.2, 0) is 9.53 Å². The molecule has 104 valence electrons. The Balaban J connectivity index is 1.92. The van der Waals surface area contributed by atoms with E-state index in [9.17, 15) is 4.79 Å². The third-order valence-corrected chi connectivity index (χ3v) is 4.48. The highest BCUT2D eigenvalue weighted by molar-refractivity contribution is 5.75. The van der Waals surface area contributed by atoms with Crippen molar-refractivity contribution in [2.45, 2.75) is 51.1 Å². The molecular weight excluding hydrogens is 228 g/mol. The van der Waals surface area contributed by atoms with Gasteiger partial charge >= 0.3 is 5.97 Å². The van der Waals surface area contributed by atoms with Gasteiger partial charge in [0, 0.05) is 12.6 Å². The number of hydrogen-bond acceptors (Lipinski definition) is 4. The number of nitrogens with zero attached hydrogens (tertiary/aromatic N) is 1. The van der Waals surface area contributed by atoms with Crippen LogP contribution in [0.5, 0.6) is 0 Å². The molecule has 18 heavy (non-hydrogen) atoms. The minimum atomic E-state index is -0.166. The number of hydrogen-bond donors (Lipinski definition) is 1. The van der Waals surface area contributed by atoms with Gasteiger partial charge in [0.05, 0.1) is 7.11 Å². The van der Waals surface area contributed by atoms with Crippen molar-refractivity contribution < 1.29 is 9.53 Å². The predicted molar refractivity (Wildman–Crippen MR) is 71.4 cm³/mol. The first kappa shape index (κ1) is 13.8. The topological polar surface area (TPSA) is 41.6 Å². The smallest absolute Gasteiger partial charge is 0.324 e. The van der Waals surface area contributed by atoms with Gasteiger partial charge in [0.15, 0.2) is 0 Å². The highest BCUT2D eigenvalue weighted by Crippen LogP contribution is 2.36.